The summed E-state index contributed by atoms with van der Waals surface area (Å²) in [7, 11) is 2.12. The molecule has 88 valence electrons. The number of nitrogens with zero attached hydrogens (tertiary/aromatic N) is 1. The number of piperidine rings is 1. The fourth-order valence-corrected chi connectivity index (χ4v) is 2.45. The van der Waals surface area contributed by atoms with Crippen LogP contribution in [0.5, 0.6) is 0 Å². The van der Waals surface area contributed by atoms with Gasteiger partial charge in [-0.25, -0.2) is 0 Å². The average molecular weight is 219 g/mol. The number of hydrogen-bond donors (Lipinski definition) is 1. The van der Waals surface area contributed by atoms with Crippen LogP contribution in [0.1, 0.15) is 30.9 Å². The molecular formula is C14H21NO. The van der Waals surface area contributed by atoms with Crippen LogP contribution in [-0.4, -0.2) is 29.6 Å². The van der Waals surface area contributed by atoms with Crippen molar-refractivity contribution in [2.24, 2.45) is 0 Å². The maximum atomic E-state index is 10.7. The number of aryl methyl sites for hydroxylation is 1. The quantitative estimate of drug-likeness (QED) is 0.783. The van der Waals surface area contributed by atoms with E-state index in [1.54, 1.807) is 0 Å². The highest BCUT2D eigenvalue weighted by atomic mass is 16.3. The van der Waals surface area contributed by atoms with Gasteiger partial charge < -0.3 is 10.0 Å². The lowest BCUT2D eigenvalue weighted by Crippen LogP contribution is -2.45. The Hall–Kier alpha value is -0.860. The minimum atomic E-state index is -0.625. The van der Waals surface area contributed by atoms with Crippen LogP contribution in [-0.2, 0) is 5.60 Å². The average Bonchev–Trinajstić information content (AvgIpc) is 2.25. The van der Waals surface area contributed by atoms with Gasteiger partial charge in [0.05, 0.1) is 5.60 Å². The summed E-state index contributed by atoms with van der Waals surface area (Å²) in [6, 6.07) is 8.73. The molecule has 1 aromatic rings. The Balaban J connectivity index is 2.22. The Morgan fingerprint density at radius 2 is 1.94 bits per heavy atom. The topological polar surface area (TPSA) is 23.5 Å². The van der Waals surface area contributed by atoms with Crippen molar-refractivity contribution in [2.75, 3.05) is 13.6 Å². The molecule has 2 atom stereocenters. The predicted octanol–water partition coefficient (Wildman–Crippen LogP) is 2.30. The minimum absolute atomic E-state index is 0.444. The number of hydrogen-bond acceptors (Lipinski definition) is 2. The van der Waals surface area contributed by atoms with E-state index in [0.29, 0.717) is 6.04 Å². The molecule has 2 heteroatoms. The van der Waals surface area contributed by atoms with Crippen molar-refractivity contribution in [1.29, 1.82) is 0 Å². The van der Waals surface area contributed by atoms with Gasteiger partial charge in [0.15, 0.2) is 0 Å². The molecule has 1 heterocycles. The van der Waals surface area contributed by atoms with E-state index < -0.39 is 5.60 Å². The van der Waals surface area contributed by atoms with Gasteiger partial charge in [-0.2, -0.15) is 0 Å². The zero-order valence-electron chi connectivity index (χ0n) is 10.4. The van der Waals surface area contributed by atoms with Gasteiger partial charge in [-0.05, 0) is 39.3 Å². The Labute approximate surface area is 97.9 Å². The Bertz CT molecular complexity index is 360. The van der Waals surface area contributed by atoms with E-state index in [1.165, 1.54) is 5.56 Å². The summed E-state index contributed by atoms with van der Waals surface area (Å²) >= 11 is 0. The van der Waals surface area contributed by atoms with Crippen LogP contribution >= 0.6 is 0 Å². The first-order valence-electron chi connectivity index (χ1n) is 6.01. The zero-order chi connectivity index (χ0) is 11.8. The summed E-state index contributed by atoms with van der Waals surface area (Å²) in [6.45, 7) is 5.22. The lowest BCUT2D eigenvalue weighted by molar-refractivity contribution is -0.0408. The molecule has 1 aromatic carbocycles. The predicted molar refractivity (Wildman–Crippen MR) is 66.4 cm³/mol. The second-order valence-electron chi connectivity index (χ2n) is 5.18. The summed E-state index contributed by atoms with van der Waals surface area (Å²) in [5.74, 6) is 0. The van der Waals surface area contributed by atoms with Crippen molar-refractivity contribution in [3.8, 4) is 0 Å². The molecule has 1 saturated heterocycles. The largest absolute Gasteiger partial charge is 0.385 e. The third-order valence-corrected chi connectivity index (χ3v) is 3.85. The van der Waals surface area contributed by atoms with Crippen LogP contribution < -0.4 is 0 Å². The second kappa shape index (κ2) is 4.19. The van der Waals surface area contributed by atoms with Crippen LogP contribution in [0.3, 0.4) is 0 Å². The fraction of sp³-hybridized carbons (Fsp3) is 0.571. The molecule has 1 fully saturated rings. The Kier molecular flexibility index (Phi) is 3.04. The number of likely N-dealkylation sites (tertiary alicyclic amines) is 1. The molecule has 16 heavy (non-hydrogen) atoms. The molecule has 2 unspecified atom stereocenters. The first kappa shape index (κ1) is 11.6. The van der Waals surface area contributed by atoms with E-state index in [-0.39, 0.29) is 0 Å². The van der Waals surface area contributed by atoms with Gasteiger partial charge in [0.1, 0.15) is 0 Å². The molecule has 1 aliphatic rings. The van der Waals surface area contributed by atoms with E-state index in [4.69, 9.17) is 0 Å². The Morgan fingerprint density at radius 3 is 2.50 bits per heavy atom. The van der Waals surface area contributed by atoms with E-state index in [1.807, 2.05) is 0 Å². The third kappa shape index (κ3) is 2.13. The molecule has 0 radical (unpaired) electrons. The molecule has 2 rings (SSSR count). The van der Waals surface area contributed by atoms with Crippen LogP contribution in [0.25, 0.3) is 0 Å². The summed E-state index contributed by atoms with van der Waals surface area (Å²) < 4.78 is 0. The maximum absolute atomic E-state index is 10.7. The fourth-order valence-electron chi connectivity index (χ4n) is 2.45. The highest BCUT2D eigenvalue weighted by Gasteiger charge is 2.36. The summed E-state index contributed by atoms with van der Waals surface area (Å²) in [4.78, 5) is 2.31. The van der Waals surface area contributed by atoms with E-state index in [2.05, 4.69) is 50.1 Å². The summed E-state index contributed by atoms with van der Waals surface area (Å²) in [5.41, 5.74) is 1.69. The molecular weight excluding hydrogens is 198 g/mol. The normalized spacial score (nSPS) is 31.6. The molecule has 1 aliphatic heterocycles. The molecule has 0 amide bonds. The van der Waals surface area contributed by atoms with E-state index >= 15 is 0 Å². The Morgan fingerprint density at radius 1 is 1.31 bits per heavy atom. The minimum Gasteiger partial charge on any atom is -0.385 e. The molecule has 0 bridgehead atoms. The number of aliphatic hydroxyl groups is 1. The summed E-state index contributed by atoms with van der Waals surface area (Å²) in [5, 5.41) is 10.7. The first-order valence-corrected chi connectivity index (χ1v) is 6.01. The van der Waals surface area contributed by atoms with Crippen molar-refractivity contribution in [3.63, 3.8) is 0 Å². The smallest absolute Gasteiger partial charge is 0.0923 e. The van der Waals surface area contributed by atoms with Gasteiger partial charge in [0.25, 0.3) is 0 Å². The van der Waals surface area contributed by atoms with Crippen molar-refractivity contribution in [1.82, 2.24) is 4.90 Å². The van der Waals surface area contributed by atoms with E-state index in [9.17, 15) is 5.11 Å². The molecule has 0 aliphatic carbocycles. The van der Waals surface area contributed by atoms with Crippen LogP contribution in [0, 0.1) is 6.92 Å². The van der Waals surface area contributed by atoms with Crippen molar-refractivity contribution < 1.29 is 5.11 Å². The van der Waals surface area contributed by atoms with Gasteiger partial charge in [-0.15, -0.1) is 0 Å². The van der Waals surface area contributed by atoms with Crippen LogP contribution in [0.4, 0.5) is 0 Å². The van der Waals surface area contributed by atoms with Crippen LogP contribution in [0.15, 0.2) is 24.3 Å². The highest BCUT2D eigenvalue weighted by Crippen LogP contribution is 2.35. The first-order chi connectivity index (χ1) is 7.51. The lowest BCUT2D eigenvalue weighted by Gasteiger charge is -2.41. The standard InChI is InChI=1S/C14H21NO/c1-11-4-6-13(7-5-11)14(16)8-9-15(3)12(2)10-14/h4-7,12,16H,8-10H2,1-3H3. The number of benzene rings is 1. The summed E-state index contributed by atoms with van der Waals surface area (Å²) in [6.07, 6.45) is 1.66. The third-order valence-electron chi connectivity index (χ3n) is 3.85. The van der Waals surface area contributed by atoms with Gasteiger partial charge in [0.2, 0.25) is 0 Å². The molecule has 0 saturated carbocycles. The van der Waals surface area contributed by atoms with Gasteiger partial charge in [-0.3, -0.25) is 0 Å². The number of rotatable bonds is 1. The van der Waals surface area contributed by atoms with Gasteiger partial charge >= 0.3 is 0 Å². The van der Waals surface area contributed by atoms with Crippen LogP contribution in [0.2, 0.25) is 0 Å². The SMILES string of the molecule is Cc1ccc(C2(O)CCN(C)C(C)C2)cc1. The highest BCUT2D eigenvalue weighted by molar-refractivity contribution is 5.27. The maximum Gasteiger partial charge on any atom is 0.0923 e. The molecule has 0 spiro atoms. The molecule has 2 nitrogen and oxygen atoms in total. The van der Waals surface area contributed by atoms with Crippen molar-refractivity contribution in [3.05, 3.63) is 35.4 Å². The monoisotopic (exact) mass is 219 g/mol. The van der Waals surface area contributed by atoms with Gasteiger partial charge in [-0.1, -0.05) is 29.8 Å². The van der Waals surface area contributed by atoms with Crippen molar-refractivity contribution in [2.45, 2.75) is 38.3 Å². The lowest BCUT2D eigenvalue weighted by atomic mass is 9.81. The molecule has 1 N–H and O–H groups in total. The van der Waals surface area contributed by atoms with E-state index in [0.717, 1.165) is 24.9 Å². The zero-order valence-corrected chi connectivity index (χ0v) is 10.4. The van der Waals surface area contributed by atoms with Gasteiger partial charge in [0, 0.05) is 12.6 Å². The van der Waals surface area contributed by atoms with Crippen molar-refractivity contribution >= 4 is 0 Å². The molecule has 0 aromatic heterocycles. The second-order valence-corrected chi connectivity index (χ2v) is 5.18.